The third-order valence-electron chi connectivity index (χ3n) is 3.90. The fourth-order valence-electron chi connectivity index (χ4n) is 2.59. The Balaban J connectivity index is 1.91. The molecule has 104 valence electrons. The van der Waals surface area contributed by atoms with Crippen molar-refractivity contribution >= 4 is 5.57 Å². The van der Waals surface area contributed by atoms with E-state index in [1.807, 2.05) is 0 Å². The molecule has 1 aliphatic carbocycles. The first kappa shape index (κ1) is 14.2. The summed E-state index contributed by atoms with van der Waals surface area (Å²) in [6.07, 6.45) is 10.7. The minimum atomic E-state index is 0.951. The molecule has 0 bridgehead atoms. The van der Waals surface area contributed by atoms with E-state index in [1.54, 1.807) is 18.3 Å². The Morgan fingerprint density at radius 3 is 2.26 bits per heavy atom. The first-order chi connectivity index (χ1) is 9.35. The highest BCUT2D eigenvalue weighted by Gasteiger charge is 2.18. The molecule has 2 rings (SSSR count). The van der Waals surface area contributed by atoms with Gasteiger partial charge in [0.05, 0.1) is 7.11 Å². The van der Waals surface area contributed by atoms with Crippen LogP contribution in [-0.2, 0) is 0 Å². The van der Waals surface area contributed by atoms with Crippen LogP contribution in [0.25, 0.3) is 5.57 Å². The SMILES string of the molecule is CCCCCCCC(=C1CC1)c1ccc(OC)cc1. The predicted octanol–water partition coefficient (Wildman–Crippen LogP) is 5.60. The molecule has 1 nitrogen and oxygen atoms in total. The molecule has 0 unspecified atom stereocenters. The minimum absolute atomic E-state index is 0.951. The summed E-state index contributed by atoms with van der Waals surface area (Å²) in [7, 11) is 1.73. The number of hydrogen-bond donors (Lipinski definition) is 0. The van der Waals surface area contributed by atoms with Crippen molar-refractivity contribution in [3.05, 3.63) is 35.4 Å². The molecule has 1 aliphatic rings. The van der Waals surface area contributed by atoms with Gasteiger partial charge in [0, 0.05) is 0 Å². The third kappa shape index (κ3) is 4.41. The Bertz CT molecular complexity index is 408. The lowest BCUT2D eigenvalue weighted by atomic mass is 9.98. The van der Waals surface area contributed by atoms with Crippen molar-refractivity contribution in [1.82, 2.24) is 0 Å². The van der Waals surface area contributed by atoms with Crippen LogP contribution in [-0.4, -0.2) is 7.11 Å². The molecule has 1 aromatic carbocycles. The van der Waals surface area contributed by atoms with Gasteiger partial charge in [-0.15, -0.1) is 0 Å². The first-order valence-corrected chi connectivity index (χ1v) is 7.70. The van der Waals surface area contributed by atoms with Gasteiger partial charge in [0.25, 0.3) is 0 Å². The van der Waals surface area contributed by atoms with E-state index in [1.165, 1.54) is 56.9 Å². The quantitative estimate of drug-likeness (QED) is 0.551. The van der Waals surface area contributed by atoms with Crippen LogP contribution >= 0.6 is 0 Å². The second-order valence-corrected chi connectivity index (χ2v) is 5.47. The summed E-state index contributed by atoms with van der Waals surface area (Å²) in [6, 6.07) is 8.59. The molecule has 0 spiro atoms. The maximum atomic E-state index is 5.23. The summed E-state index contributed by atoms with van der Waals surface area (Å²) in [5.74, 6) is 0.951. The number of methoxy groups -OCH3 is 1. The number of ether oxygens (including phenoxy) is 1. The number of hydrogen-bond acceptors (Lipinski definition) is 1. The monoisotopic (exact) mass is 258 g/mol. The van der Waals surface area contributed by atoms with Gasteiger partial charge in [0.2, 0.25) is 0 Å². The summed E-state index contributed by atoms with van der Waals surface area (Å²) in [6.45, 7) is 2.27. The standard InChI is InChI=1S/C18H26O/c1-3-4-5-6-7-8-18(15-9-10-15)16-11-13-17(19-2)14-12-16/h11-14H,3-10H2,1-2H3. The average Bonchev–Trinajstić information content (AvgIpc) is 3.28. The summed E-state index contributed by atoms with van der Waals surface area (Å²) in [4.78, 5) is 0. The van der Waals surface area contributed by atoms with Gasteiger partial charge >= 0.3 is 0 Å². The summed E-state index contributed by atoms with van der Waals surface area (Å²) < 4.78 is 5.23. The second kappa shape index (κ2) is 7.37. The Morgan fingerprint density at radius 2 is 1.68 bits per heavy atom. The lowest BCUT2D eigenvalue weighted by Crippen LogP contribution is -1.88. The highest BCUT2D eigenvalue weighted by atomic mass is 16.5. The van der Waals surface area contributed by atoms with E-state index in [0.717, 1.165) is 5.75 Å². The maximum absolute atomic E-state index is 5.23. The predicted molar refractivity (Wildman–Crippen MR) is 82.5 cm³/mol. The maximum Gasteiger partial charge on any atom is 0.118 e. The van der Waals surface area contributed by atoms with Gasteiger partial charge in [0.15, 0.2) is 0 Å². The number of benzene rings is 1. The van der Waals surface area contributed by atoms with Gasteiger partial charge in [-0.1, -0.05) is 50.3 Å². The zero-order valence-electron chi connectivity index (χ0n) is 12.4. The molecule has 1 saturated carbocycles. The molecule has 1 heteroatoms. The molecule has 19 heavy (non-hydrogen) atoms. The molecular weight excluding hydrogens is 232 g/mol. The van der Waals surface area contributed by atoms with Crippen LogP contribution in [0.5, 0.6) is 5.75 Å². The molecule has 0 aliphatic heterocycles. The van der Waals surface area contributed by atoms with E-state index < -0.39 is 0 Å². The van der Waals surface area contributed by atoms with Crippen LogP contribution in [0.4, 0.5) is 0 Å². The highest BCUT2D eigenvalue weighted by molar-refractivity contribution is 5.71. The van der Waals surface area contributed by atoms with E-state index in [-0.39, 0.29) is 0 Å². The van der Waals surface area contributed by atoms with Gasteiger partial charge in [-0.2, -0.15) is 0 Å². The largest absolute Gasteiger partial charge is 0.497 e. The van der Waals surface area contributed by atoms with Crippen molar-refractivity contribution in [2.24, 2.45) is 0 Å². The van der Waals surface area contributed by atoms with Crippen LogP contribution in [0.2, 0.25) is 0 Å². The van der Waals surface area contributed by atoms with Gasteiger partial charge in [-0.3, -0.25) is 0 Å². The average molecular weight is 258 g/mol. The number of allylic oxidation sites excluding steroid dienone is 2. The van der Waals surface area contributed by atoms with Crippen LogP contribution in [0.15, 0.2) is 29.8 Å². The molecule has 1 aromatic rings. The Hall–Kier alpha value is -1.24. The molecular formula is C18H26O. The zero-order chi connectivity index (χ0) is 13.5. The molecule has 0 aromatic heterocycles. The number of rotatable bonds is 8. The fourth-order valence-corrected chi connectivity index (χ4v) is 2.59. The topological polar surface area (TPSA) is 9.23 Å². The lowest BCUT2D eigenvalue weighted by Gasteiger charge is -2.09. The van der Waals surface area contributed by atoms with Crippen LogP contribution in [0, 0.1) is 0 Å². The molecule has 0 saturated heterocycles. The van der Waals surface area contributed by atoms with Crippen molar-refractivity contribution in [1.29, 1.82) is 0 Å². The first-order valence-electron chi connectivity index (χ1n) is 7.70. The molecule has 0 N–H and O–H groups in total. The van der Waals surface area contributed by atoms with Crippen molar-refractivity contribution in [3.8, 4) is 5.75 Å². The van der Waals surface area contributed by atoms with Crippen molar-refractivity contribution in [3.63, 3.8) is 0 Å². The Labute approximate surface area is 117 Å². The second-order valence-electron chi connectivity index (χ2n) is 5.47. The molecule has 0 atom stereocenters. The van der Waals surface area contributed by atoms with Gasteiger partial charge < -0.3 is 4.74 Å². The number of unbranched alkanes of at least 4 members (excludes halogenated alkanes) is 4. The molecule has 0 radical (unpaired) electrons. The van der Waals surface area contributed by atoms with Gasteiger partial charge in [0.1, 0.15) is 5.75 Å². The van der Waals surface area contributed by atoms with E-state index in [0.29, 0.717) is 0 Å². The normalized spacial score (nSPS) is 13.5. The minimum Gasteiger partial charge on any atom is -0.497 e. The highest BCUT2D eigenvalue weighted by Crippen LogP contribution is 2.39. The van der Waals surface area contributed by atoms with Gasteiger partial charge in [-0.25, -0.2) is 0 Å². The van der Waals surface area contributed by atoms with E-state index in [9.17, 15) is 0 Å². The van der Waals surface area contributed by atoms with E-state index >= 15 is 0 Å². The van der Waals surface area contributed by atoms with Crippen molar-refractivity contribution in [2.75, 3.05) is 7.11 Å². The molecule has 0 heterocycles. The van der Waals surface area contributed by atoms with Crippen LogP contribution < -0.4 is 4.74 Å². The summed E-state index contributed by atoms with van der Waals surface area (Å²) in [5, 5.41) is 0. The molecule has 1 fully saturated rings. The lowest BCUT2D eigenvalue weighted by molar-refractivity contribution is 0.415. The summed E-state index contributed by atoms with van der Waals surface area (Å²) in [5.41, 5.74) is 4.70. The van der Waals surface area contributed by atoms with Crippen molar-refractivity contribution < 1.29 is 4.74 Å². The van der Waals surface area contributed by atoms with E-state index in [2.05, 4.69) is 31.2 Å². The van der Waals surface area contributed by atoms with Crippen molar-refractivity contribution in [2.45, 2.75) is 58.3 Å². The summed E-state index contributed by atoms with van der Waals surface area (Å²) >= 11 is 0. The van der Waals surface area contributed by atoms with Gasteiger partial charge in [-0.05, 0) is 49.0 Å². The zero-order valence-corrected chi connectivity index (χ0v) is 12.4. The van der Waals surface area contributed by atoms with E-state index in [4.69, 9.17) is 4.74 Å². The van der Waals surface area contributed by atoms with Crippen LogP contribution in [0.3, 0.4) is 0 Å². The Kier molecular flexibility index (Phi) is 5.50. The third-order valence-corrected chi connectivity index (χ3v) is 3.90. The smallest absolute Gasteiger partial charge is 0.118 e. The molecule has 0 amide bonds. The van der Waals surface area contributed by atoms with Crippen LogP contribution in [0.1, 0.15) is 63.9 Å². The Morgan fingerprint density at radius 1 is 1.00 bits per heavy atom. The fraction of sp³-hybridized carbons (Fsp3) is 0.556.